The molecule has 0 bridgehead atoms. The summed E-state index contributed by atoms with van der Waals surface area (Å²) in [6.45, 7) is 2.76. The Morgan fingerprint density at radius 1 is 1.00 bits per heavy atom. The van der Waals surface area contributed by atoms with Gasteiger partial charge in [0.25, 0.3) is 0 Å². The topological polar surface area (TPSA) is 67.2 Å². The highest BCUT2D eigenvalue weighted by Gasteiger charge is 2.13. The first-order chi connectivity index (χ1) is 16.6. The summed E-state index contributed by atoms with van der Waals surface area (Å²) < 4.78 is 8.51. The van der Waals surface area contributed by atoms with E-state index in [1.165, 1.54) is 16.5 Å². The molecule has 0 aliphatic rings. The molecule has 2 N–H and O–H groups in total. The summed E-state index contributed by atoms with van der Waals surface area (Å²) in [5, 5.41) is 11.3. The molecule has 2 heterocycles. The second-order valence-electron chi connectivity index (χ2n) is 8.63. The zero-order valence-electron chi connectivity index (χ0n) is 19.3. The van der Waals surface area contributed by atoms with Crippen molar-refractivity contribution in [1.82, 2.24) is 9.55 Å². The summed E-state index contributed by atoms with van der Waals surface area (Å²) >= 11 is 0. The third-order valence-electron chi connectivity index (χ3n) is 6.20. The first-order valence-corrected chi connectivity index (χ1v) is 11.8. The largest absolute Gasteiger partial charge is 0.493 e. The van der Waals surface area contributed by atoms with E-state index in [0.717, 1.165) is 52.9 Å². The number of aliphatic carboxylic acids is 1. The number of fused-ring (bicyclic) bond motifs is 2. The summed E-state index contributed by atoms with van der Waals surface area (Å²) in [4.78, 5) is 14.4. The molecule has 0 aliphatic heterocycles. The molecule has 0 saturated heterocycles. The molecule has 0 amide bonds. The van der Waals surface area contributed by atoms with Crippen molar-refractivity contribution in [3.8, 4) is 11.4 Å². The lowest BCUT2D eigenvalue weighted by molar-refractivity contribution is -0.136. The Kier molecular flexibility index (Phi) is 6.09. The van der Waals surface area contributed by atoms with Crippen molar-refractivity contribution < 1.29 is 14.6 Å². The van der Waals surface area contributed by atoms with Gasteiger partial charge in [0.2, 0.25) is 0 Å². The summed E-state index contributed by atoms with van der Waals surface area (Å²) in [5.41, 5.74) is 6.50. The van der Waals surface area contributed by atoms with E-state index in [1.54, 1.807) is 0 Å². The number of aryl methyl sites for hydroxylation is 1. The minimum atomic E-state index is -0.817. The number of hydrogen-bond donors (Lipinski definition) is 2. The van der Waals surface area contributed by atoms with Crippen molar-refractivity contribution >= 4 is 27.8 Å². The maximum Gasteiger partial charge on any atom is 0.307 e. The molecule has 3 aromatic carbocycles. The number of carboxylic acid groups (broad SMARTS) is 1. The molecule has 0 fully saturated rings. The minimum Gasteiger partial charge on any atom is -0.493 e. The summed E-state index contributed by atoms with van der Waals surface area (Å²) in [7, 11) is 0. The zero-order valence-corrected chi connectivity index (χ0v) is 19.3. The van der Waals surface area contributed by atoms with Crippen LogP contribution in [0, 0.1) is 0 Å². The molecule has 5 nitrogen and oxygen atoms in total. The standard InChI is InChI=1S/C29H28N2O3/c1-2-6-25-24-13-15-31(23-7-4-3-5-8-23)27(24)11-12-28(25)34-16-14-22-19-21-17-20(18-29(32)33)9-10-26(21)30-22/h3-5,7-13,15,17,19,30H,2,6,14,16,18H2,1H3,(H,32,33). The number of para-hydroxylation sites is 1. The van der Waals surface area contributed by atoms with E-state index in [1.807, 2.05) is 24.3 Å². The van der Waals surface area contributed by atoms with E-state index >= 15 is 0 Å². The molecule has 34 heavy (non-hydrogen) atoms. The maximum absolute atomic E-state index is 11.0. The van der Waals surface area contributed by atoms with Gasteiger partial charge in [-0.15, -0.1) is 0 Å². The zero-order chi connectivity index (χ0) is 23.5. The van der Waals surface area contributed by atoms with Gasteiger partial charge >= 0.3 is 5.97 Å². The van der Waals surface area contributed by atoms with Crippen molar-refractivity contribution in [2.24, 2.45) is 0 Å². The number of nitrogens with zero attached hydrogens (tertiary/aromatic N) is 1. The second-order valence-corrected chi connectivity index (χ2v) is 8.63. The van der Waals surface area contributed by atoms with Crippen LogP contribution in [0.1, 0.15) is 30.2 Å². The Labute approximate surface area is 198 Å². The normalized spacial score (nSPS) is 11.3. The van der Waals surface area contributed by atoms with Crippen LogP contribution in [-0.4, -0.2) is 27.2 Å². The Balaban J connectivity index is 1.34. The predicted molar refractivity (Wildman–Crippen MR) is 136 cm³/mol. The van der Waals surface area contributed by atoms with Crippen LogP contribution in [0.15, 0.2) is 79.0 Å². The van der Waals surface area contributed by atoms with E-state index in [2.05, 4.69) is 71.2 Å². The van der Waals surface area contributed by atoms with Crippen LogP contribution in [-0.2, 0) is 24.1 Å². The summed E-state index contributed by atoms with van der Waals surface area (Å²) in [6, 6.07) is 24.6. The molecular formula is C29H28N2O3. The van der Waals surface area contributed by atoms with Crippen molar-refractivity contribution in [3.63, 3.8) is 0 Å². The van der Waals surface area contributed by atoms with Crippen LogP contribution in [0.3, 0.4) is 0 Å². The van der Waals surface area contributed by atoms with Crippen molar-refractivity contribution in [2.45, 2.75) is 32.6 Å². The second kappa shape index (κ2) is 9.48. The van der Waals surface area contributed by atoms with Crippen LogP contribution < -0.4 is 4.74 Å². The van der Waals surface area contributed by atoms with Crippen molar-refractivity contribution in [1.29, 1.82) is 0 Å². The van der Waals surface area contributed by atoms with Crippen LogP contribution in [0.4, 0.5) is 0 Å². The Bertz CT molecular complexity index is 1450. The molecule has 5 heteroatoms. The number of rotatable bonds is 9. The number of aromatic nitrogens is 2. The Morgan fingerprint density at radius 2 is 1.85 bits per heavy atom. The van der Waals surface area contributed by atoms with E-state index in [9.17, 15) is 4.79 Å². The van der Waals surface area contributed by atoms with E-state index in [-0.39, 0.29) is 6.42 Å². The van der Waals surface area contributed by atoms with Crippen molar-refractivity contribution in [3.05, 3.63) is 95.8 Å². The van der Waals surface area contributed by atoms with Crippen LogP contribution >= 0.6 is 0 Å². The SMILES string of the molecule is CCCc1c(OCCc2cc3cc(CC(=O)O)ccc3[nH]2)ccc2c1ccn2-c1ccccc1. The highest BCUT2D eigenvalue weighted by Crippen LogP contribution is 2.32. The molecule has 2 aromatic heterocycles. The van der Waals surface area contributed by atoms with Gasteiger partial charge in [0.05, 0.1) is 18.5 Å². The molecule has 0 aliphatic carbocycles. The molecule has 172 valence electrons. The van der Waals surface area contributed by atoms with E-state index < -0.39 is 5.97 Å². The average Bonchev–Trinajstić information content (AvgIpc) is 3.44. The fourth-order valence-electron chi connectivity index (χ4n) is 4.65. The number of ether oxygens (including phenoxy) is 1. The molecule has 0 spiro atoms. The smallest absolute Gasteiger partial charge is 0.307 e. The van der Waals surface area contributed by atoms with E-state index in [0.29, 0.717) is 6.61 Å². The fraction of sp³-hybridized carbons (Fsp3) is 0.207. The van der Waals surface area contributed by atoms with Gasteiger partial charge in [-0.05, 0) is 65.9 Å². The van der Waals surface area contributed by atoms with Gasteiger partial charge in [-0.2, -0.15) is 0 Å². The lowest BCUT2D eigenvalue weighted by Gasteiger charge is -2.13. The first kappa shape index (κ1) is 21.8. The first-order valence-electron chi connectivity index (χ1n) is 11.8. The molecule has 0 unspecified atom stereocenters. The number of carbonyl (C=O) groups is 1. The van der Waals surface area contributed by atoms with Gasteiger partial charge in [-0.1, -0.05) is 37.6 Å². The van der Waals surface area contributed by atoms with Gasteiger partial charge in [-0.25, -0.2) is 0 Å². The van der Waals surface area contributed by atoms with E-state index in [4.69, 9.17) is 9.84 Å². The molecule has 0 saturated carbocycles. The number of nitrogens with one attached hydrogen (secondary N) is 1. The number of hydrogen-bond acceptors (Lipinski definition) is 2. The molecule has 5 aromatic rings. The molecule has 0 radical (unpaired) electrons. The van der Waals surface area contributed by atoms with Gasteiger partial charge in [0.15, 0.2) is 0 Å². The average molecular weight is 453 g/mol. The minimum absolute atomic E-state index is 0.0360. The molecular weight excluding hydrogens is 424 g/mol. The molecule has 5 rings (SSSR count). The Morgan fingerprint density at radius 3 is 2.65 bits per heavy atom. The van der Waals surface area contributed by atoms with Gasteiger partial charge < -0.3 is 19.4 Å². The third-order valence-corrected chi connectivity index (χ3v) is 6.20. The van der Waals surface area contributed by atoms with Gasteiger partial charge in [0, 0.05) is 40.5 Å². The van der Waals surface area contributed by atoms with Crippen LogP contribution in [0.2, 0.25) is 0 Å². The quantitative estimate of drug-likeness (QED) is 0.275. The number of benzene rings is 3. The Hall–Kier alpha value is -3.99. The lowest BCUT2D eigenvalue weighted by atomic mass is 10.0. The molecule has 0 atom stereocenters. The number of H-pyrrole nitrogens is 1. The predicted octanol–water partition coefficient (Wildman–Crippen LogP) is 6.31. The highest BCUT2D eigenvalue weighted by molar-refractivity contribution is 5.87. The third kappa shape index (κ3) is 4.42. The lowest BCUT2D eigenvalue weighted by Crippen LogP contribution is -2.04. The van der Waals surface area contributed by atoms with Crippen molar-refractivity contribution in [2.75, 3.05) is 6.61 Å². The van der Waals surface area contributed by atoms with Crippen LogP contribution in [0.5, 0.6) is 5.75 Å². The number of carboxylic acids is 1. The maximum atomic E-state index is 11.0. The monoisotopic (exact) mass is 452 g/mol. The highest BCUT2D eigenvalue weighted by atomic mass is 16.5. The van der Waals surface area contributed by atoms with Crippen LogP contribution in [0.25, 0.3) is 27.5 Å². The fourth-order valence-corrected chi connectivity index (χ4v) is 4.65. The van der Waals surface area contributed by atoms with Gasteiger partial charge in [-0.3, -0.25) is 4.79 Å². The van der Waals surface area contributed by atoms with Gasteiger partial charge in [0.1, 0.15) is 5.75 Å². The summed E-state index contributed by atoms with van der Waals surface area (Å²) in [6.07, 6.45) is 4.93. The summed E-state index contributed by atoms with van der Waals surface area (Å²) in [5.74, 6) is 0.127. The number of aromatic amines is 1.